The molecule has 0 saturated heterocycles. The summed E-state index contributed by atoms with van der Waals surface area (Å²) in [5.41, 5.74) is 5.68. The van der Waals surface area contributed by atoms with Crippen molar-refractivity contribution in [1.29, 1.82) is 0 Å². The summed E-state index contributed by atoms with van der Waals surface area (Å²) in [5.74, 6) is -0.617. The number of amides is 2. The van der Waals surface area contributed by atoms with E-state index in [0.717, 1.165) is 28.7 Å². The molecule has 0 unspecified atom stereocenters. The fraction of sp³-hybridized carbons (Fsp3) is 0.207. The number of rotatable bonds is 4. The molecule has 0 radical (unpaired) electrons. The first-order valence-electron chi connectivity index (χ1n) is 12.2. The number of para-hydroxylation sites is 2. The molecule has 186 valence electrons. The average molecular weight is 495 g/mol. The summed E-state index contributed by atoms with van der Waals surface area (Å²) in [6.07, 6.45) is 0.406. The highest BCUT2D eigenvalue weighted by Gasteiger charge is 2.42. The van der Waals surface area contributed by atoms with Crippen molar-refractivity contribution in [2.75, 3.05) is 30.9 Å². The maximum absolute atomic E-state index is 13.5. The third-order valence-corrected chi connectivity index (χ3v) is 7.30. The normalized spacial score (nSPS) is 16.2. The molecule has 6 rings (SSSR count). The number of hydrogen-bond donors (Lipinski definition) is 1. The van der Waals surface area contributed by atoms with Crippen molar-refractivity contribution in [2.45, 2.75) is 19.1 Å². The zero-order valence-electron chi connectivity index (χ0n) is 20.6. The first-order chi connectivity index (χ1) is 18.0. The fourth-order valence-corrected chi connectivity index (χ4v) is 5.63. The molecule has 3 aromatic carbocycles. The van der Waals surface area contributed by atoms with Gasteiger partial charge in [0.15, 0.2) is 0 Å². The average Bonchev–Trinajstić information content (AvgIpc) is 3.24. The van der Waals surface area contributed by atoms with E-state index in [9.17, 15) is 14.4 Å². The van der Waals surface area contributed by atoms with Crippen molar-refractivity contribution < 1.29 is 19.1 Å². The van der Waals surface area contributed by atoms with E-state index in [1.807, 2.05) is 59.0 Å². The highest BCUT2D eigenvalue weighted by Crippen LogP contribution is 2.44. The molecule has 0 aliphatic carbocycles. The van der Waals surface area contributed by atoms with E-state index in [-0.39, 0.29) is 24.5 Å². The lowest BCUT2D eigenvalue weighted by atomic mass is 9.96. The largest absolute Gasteiger partial charge is 0.465 e. The van der Waals surface area contributed by atoms with Gasteiger partial charge in [0.2, 0.25) is 5.91 Å². The summed E-state index contributed by atoms with van der Waals surface area (Å²) in [6.45, 7) is 0.699. The van der Waals surface area contributed by atoms with Gasteiger partial charge < -0.3 is 24.4 Å². The number of carbonyl (C=O) groups is 3. The second-order valence-electron chi connectivity index (χ2n) is 9.33. The lowest BCUT2D eigenvalue weighted by molar-refractivity contribution is -0.116. The van der Waals surface area contributed by atoms with Crippen LogP contribution in [0.25, 0.3) is 10.9 Å². The lowest BCUT2D eigenvalue weighted by Crippen LogP contribution is -2.51. The van der Waals surface area contributed by atoms with Crippen LogP contribution in [0.15, 0.2) is 72.8 Å². The number of fused-ring (bicyclic) bond motifs is 6. The lowest BCUT2D eigenvalue weighted by Gasteiger charge is -2.46. The number of esters is 1. The topological polar surface area (TPSA) is 83.9 Å². The van der Waals surface area contributed by atoms with Gasteiger partial charge in [-0.1, -0.05) is 30.3 Å². The molecule has 0 bridgehead atoms. The van der Waals surface area contributed by atoms with Crippen LogP contribution in [0.3, 0.4) is 0 Å². The first-order valence-corrected chi connectivity index (χ1v) is 12.2. The first kappa shape index (κ1) is 22.8. The summed E-state index contributed by atoms with van der Waals surface area (Å²) in [5, 5.41) is 4.04. The standard InChI is InChI=1S/C29H26N4O4/c1-31-23-9-5-4-8-22(23)28(35)32-16-15-21-20-7-3-6-10-24(20)33(26(21)27(31)32)17-25(34)30-19-13-11-18(12-14-19)29(36)37-2/h3-14,27H,15-17H2,1-2H3,(H,30,34)/t27-/m0/s1. The quantitative estimate of drug-likeness (QED) is 0.430. The second-order valence-corrected chi connectivity index (χ2v) is 9.33. The number of hydrogen-bond acceptors (Lipinski definition) is 5. The smallest absolute Gasteiger partial charge is 0.337 e. The molecule has 2 aliphatic heterocycles. The van der Waals surface area contributed by atoms with Gasteiger partial charge in [0.25, 0.3) is 5.91 Å². The summed E-state index contributed by atoms with van der Waals surface area (Å²) >= 11 is 0. The van der Waals surface area contributed by atoms with Gasteiger partial charge in [-0.25, -0.2) is 4.79 Å². The maximum Gasteiger partial charge on any atom is 0.337 e. The molecule has 37 heavy (non-hydrogen) atoms. The molecule has 2 aliphatic rings. The van der Waals surface area contributed by atoms with E-state index >= 15 is 0 Å². The predicted octanol–water partition coefficient (Wildman–Crippen LogP) is 4.21. The molecule has 0 saturated carbocycles. The van der Waals surface area contributed by atoms with E-state index in [1.165, 1.54) is 12.7 Å². The number of nitrogens with zero attached hydrogens (tertiary/aromatic N) is 3. The van der Waals surface area contributed by atoms with Crippen LogP contribution in [0.5, 0.6) is 0 Å². The number of methoxy groups -OCH3 is 1. The highest BCUT2D eigenvalue weighted by atomic mass is 16.5. The molecule has 0 fully saturated rings. The monoisotopic (exact) mass is 494 g/mol. The zero-order chi connectivity index (χ0) is 25.7. The minimum Gasteiger partial charge on any atom is -0.465 e. The number of aromatic nitrogens is 1. The van der Waals surface area contributed by atoms with Gasteiger partial charge in [-0.05, 0) is 54.4 Å². The van der Waals surface area contributed by atoms with Crippen LogP contribution in [-0.2, 0) is 22.5 Å². The van der Waals surface area contributed by atoms with Crippen molar-refractivity contribution >= 4 is 40.1 Å². The molecule has 1 atom stereocenters. The SMILES string of the molecule is COC(=O)c1ccc(NC(=O)Cn2c3c(c4ccccc42)CCN2C(=O)c4ccccc4N(C)[C@H]32)cc1. The highest BCUT2D eigenvalue weighted by molar-refractivity contribution is 6.03. The third kappa shape index (κ3) is 3.64. The van der Waals surface area contributed by atoms with E-state index in [1.54, 1.807) is 24.3 Å². The fourth-order valence-electron chi connectivity index (χ4n) is 5.63. The Morgan fingerprint density at radius 2 is 1.73 bits per heavy atom. The Balaban J connectivity index is 1.38. The molecule has 8 heteroatoms. The molecular weight excluding hydrogens is 468 g/mol. The molecule has 3 heterocycles. The number of benzene rings is 3. The molecule has 0 spiro atoms. The van der Waals surface area contributed by atoms with Crippen molar-refractivity contribution in [2.24, 2.45) is 0 Å². The van der Waals surface area contributed by atoms with Crippen LogP contribution in [0.2, 0.25) is 0 Å². The predicted molar refractivity (Wildman–Crippen MR) is 141 cm³/mol. The van der Waals surface area contributed by atoms with Crippen molar-refractivity contribution in [3.8, 4) is 0 Å². The van der Waals surface area contributed by atoms with Crippen LogP contribution in [-0.4, -0.2) is 48.0 Å². The van der Waals surface area contributed by atoms with Gasteiger partial charge in [-0.2, -0.15) is 0 Å². The van der Waals surface area contributed by atoms with Crippen LogP contribution in [0.4, 0.5) is 11.4 Å². The van der Waals surface area contributed by atoms with Gasteiger partial charge in [0, 0.05) is 30.2 Å². The van der Waals surface area contributed by atoms with Gasteiger partial charge in [0.05, 0.1) is 29.6 Å². The van der Waals surface area contributed by atoms with Crippen molar-refractivity contribution in [1.82, 2.24) is 9.47 Å². The van der Waals surface area contributed by atoms with Gasteiger partial charge in [-0.15, -0.1) is 0 Å². The Hall–Kier alpha value is -4.59. The Kier molecular flexibility index (Phi) is 5.44. The number of ether oxygens (including phenoxy) is 1. The Labute approximate surface area is 214 Å². The maximum atomic E-state index is 13.5. The van der Waals surface area contributed by atoms with E-state index in [4.69, 9.17) is 4.74 Å². The number of carbonyl (C=O) groups excluding carboxylic acids is 3. The number of nitrogens with one attached hydrogen (secondary N) is 1. The van der Waals surface area contributed by atoms with Gasteiger partial charge in [0.1, 0.15) is 12.7 Å². The summed E-state index contributed by atoms with van der Waals surface area (Å²) < 4.78 is 6.78. The van der Waals surface area contributed by atoms with Crippen LogP contribution >= 0.6 is 0 Å². The Bertz CT molecular complexity index is 1560. The molecule has 4 aromatic rings. The second kappa shape index (κ2) is 8.81. The summed E-state index contributed by atoms with van der Waals surface area (Å²) in [4.78, 5) is 42.5. The minimum absolute atomic E-state index is 0.0105. The van der Waals surface area contributed by atoms with E-state index in [0.29, 0.717) is 23.4 Å². The molecule has 8 nitrogen and oxygen atoms in total. The van der Waals surface area contributed by atoms with Crippen molar-refractivity contribution in [3.05, 3.63) is 95.2 Å². The molecule has 1 aromatic heterocycles. The third-order valence-electron chi connectivity index (χ3n) is 7.30. The van der Waals surface area contributed by atoms with Gasteiger partial charge >= 0.3 is 5.97 Å². The van der Waals surface area contributed by atoms with Crippen LogP contribution < -0.4 is 10.2 Å². The number of anilines is 2. The van der Waals surface area contributed by atoms with E-state index < -0.39 is 5.97 Å². The van der Waals surface area contributed by atoms with Crippen molar-refractivity contribution in [3.63, 3.8) is 0 Å². The van der Waals surface area contributed by atoms with Crippen LogP contribution in [0, 0.1) is 0 Å². The molecule has 1 N–H and O–H groups in total. The van der Waals surface area contributed by atoms with Gasteiger partial charge in [-0.3, -0.25) is 9.59 Å². The molecule has 2 amide bonds. The Morgan fingerprint density at radius 1 is 1.00 bits per heavy atom. The van der Waals surface area contributed by atoms with E-state index in [2.05, 4.69) is 16.3 Å². The Morgan fingerprint density at radius 3 is 2.51 bits per heavy atom. The molecular formula is C29H26N4O4. The zero-order valence-corrected chi connectivity index (χ0v) is 20.6. The summed E-state index contributed by atoms with van der Waals surface area (Å²) in [7, 11) is 3.33. The summed E-state index contributed by atoms with van der Waals surface area (Å²) in [6, 6.07) is 22.3. The van der Waals surface area contributed by atoms with Crippen LogP contribution in [0.1, 0.15) is 38.1 Å². The minimum atomic E-state index is -0.430.